The van der Waals surface area contributed by atoms with Gasteiger partial charge in [-0.25, -0.2) is 0 Å². The van der Waals surface area contributed by atoms with Crippen LogP contribution in [0.3, 0.4) is 0 Å². The Morgan fingerprint density at radius 1 is 1.27 bits per heavy atom. The number of carbonyl (C=O) groups excluding carboxylic acids is 3. The van der Waals surface area contributed by atoms with E-state index in [2.05, 4.69) is 16.0 Å². The standard InChI is InChI=1S/C23H25ClN4O5/c1-12-3-5-14(9-17(12)24)26-23(32)25-10-13-4-6-15-16(20(13)33-2)11-28(22(15)31)18-7-8-19(29)27-21(18)30/h3-6,9,18,23,25-26,32H,7-8,10-11H2,1-2H3,(H,27,29,30). The van der Waals surface area contributed by atoms with Gasteiger partial charge in [0.1, 0.15) is 11.8 Å². The number of imide groups is 1. The number of aryl methyl sites for hydroxylation is 1. The fourth-order valence-corrected chi connectivity index (χ4v) is 4.33. The molecule has 0 aromatic heterocycles. The number of halogens is 1. The van der Waals surface area contributed by atoms with E-state index in [1.807, 2.05) is 19.1 Å². The number of nitrogens with zero attached hydrogens (tertiary/aromatic N) is 1. The Morgan fingerprint density at radius 3 is 2.76 bits per heavy atom. The van der Waals surface area contributed by atoms with E-state index in [-0.39, 0.29) is 31.3 Å². The van der Waals surface area contributed by atoms with Crippen LogP contribution in [-0.4, -0.2) is 47.2 Å². The van der Waals surface area contributed by atoms with Crippen LogP contribution in [0.5, 0.6) is 5.75 Å². The fraction of sp³-hybridized carbons (Fsp3) is 0.348. The van der Waals surface area contributed by atoms with Crippen molar-refractivity contribution in [3.63, 3.8) is 0 Å². The first kappa shape index (κ1) is 23.0. The van der Waals surface area contributed by atoms with Crippen LogP contribution >= 0.6 is 11.6 Å². The monoisotopic (exact) mass is 472 g/mol. The molecule has 1 saturated heterocycles. The number of hydrogen-bond acceptors (Lipinski definition) is 7. The summed E-state index contributed by atoms with van der Waals surface area (Å²) in [5, 5.41) is 19.1. The molecular formula is C23H25ClN4O5. The van der Waals surface area contributed by atoms with Gasteiger partial charge in [0.05, 0.1) is 13.7 Å². The Bertz CT molecular complexity index is 1120. The van der Waals surface area contributed by atoms with Crippen molar-refractivity contribution in [3.8, 4) is 5.75 Å². The normalized spacial score (nSPS) is 18.7. The minimum absolute atomic E-state index is 0.194. The summed E-state index contributed by atoms with van der Waals surface area (Å²) >= 11 is 6.13. The minimum Gasteiger partial charge on any atom is -0.496 e. The number of rotatable bonds is 7. The van der Waals surface area contributed by atoms with E-state index < -0.39 is 18.3 Å². The Balaban J connectivity index is 1.46. The quantitative estimate of drug-likeness (QED) is 0.359. The minimum atomic E-state index is -1.05. The van der Waals surface area contributed by atoms with Crippen LogP contribution in [0.15, 0.2) is 30.3 Å². The average molecular weight is 473 g/mol. The molecular weight excluding hydrogens is 448 g/mol. The second-order valence-corrected chi connectivity index (χ2v) is 8.48. The second kappa shape index (κ2) is 9.38. The fourth-order valence-electron chi connectivity index (χ4n) is 4.15. The Morgan fingerprint density at radius 2 is 2.06 bits per heavy atom. The number of methoxy groups -OCH3 is 1. The number of carbonyl (C=O) groups is 3. The lowest BCUT2D eigenvalue weighted by Gasteiger charge is -2.29. The number of amides is 3. The molecule has 9 nitrogen and oxygen atoms in total. The number of ether oxygens (including phenoxy) is 1. The molecule has 1 fully saturated rings. The molecule has 2 heterocycles. The number of aliphatic hydroxyl groups is 1. The molecule has 174 valence electrons. The van der Waals surface area contributed by atoms with Crippen molar-refractivity contribution in [2.45, 2.75) is 45.2 Å². The molecule has 0 radical (unpaired) electrons. The first-order valence-corrected chi connectivity index (χ1v) is 10.9. The van der Waals surface area contributed by atoms with Crippen molar-refractivity contribution < 1.29 is 24.2 Å². The van der Waals surface area contributed by atoms with Crippen LogP contribution in [0.25, 0.3) is 0 Å². The zero-order valence-electron chi connectivity index (χ0n) is 18.3. The zero-order chi connectivity index (χ0) is 23.7. The Kier molecular flexibility index (Phi) is 6.55. The predicted molar refractivity (Wildman–Crippen MR) is 122 cm³/mol. The maximum Gasteiger partial charge on any atom is 0.255 e. The number of benzene rings is 2. The van der Waals surface area contributed by atoms with E-state index in [0.29, 0.717) is 34.0 Å². The number of hydrogen-bond donors (Lipinski definition) is 4. The van der Waals surface area contributed by atoms with Gasteiger partial charge >= 0.3 is 0 Å². The van der Waals surface area contributed by atoms with Crippen molar-refractivity contribution in [2.75, 3.05) is 12.4 Å². The number of aliphatic hydroxyl groups excluding tert-OH is 1. The predicted octanol–water partition coefficient (Wildman–Crippen LogP) is 1.90. The molecule has 33 heavy (non-hydrogen) atoms. The summed E-state index contributed by atoms with van der Waals surface area (Å²) in [5.41, 5.74) is 3.50. The number of anilines is 1. The topological polar surface area (TPSA) is 120 Å². The summed E-state index contributed by atoms with van der Waals surface area (Å²) in [6, 6.07) is 8.16. The molecule has 2 aromatic carbocycles. The number of fused-ring (bicyclic) bond motifs is 1. The van der Waals surface area contributed by atoms with Gasteiger partial charge in [-0.1, -0.05) is 23.7 Å². The summed E-state index contributed by atoms with van der Waals surface area (Å²) in [7, 11) is 1.52. The van der Waals surface area contributed by atoms with Crippen molar-refractivity contribution in [1.29, 1.82) is 0 Å². The SMILES string of the molecule is COc1c(CNC(O)Nc2ccc(C)c(Cl)c2)ccc2c1CN(C1CCC(=O)NC1=O)C2=O. The maximum atomic E-state index is 13.0. The third kappa shape index (κ3) is 4.66. The van der Waals surface area contributed by atoms with Gasteiger partial charge in [-0.15, -0.1) is 0 Å². The molecule has 3 amide bonds. The Labute approximate surface area is 196 Å². The van der Waals surface area contributed by atoms with Gasteiger partial charge in [-0.3, -0.25) is 25.0 Å². The molecule has 10 heteroatoms. The van der Waals surface area contributed by atoms with Gasteiger partial charge in [0.2, 0.25) is 11.8 Å². The summed E-state index contributed by atoms with van der Waals surface area (Å²) in [5.74, 6) is -0.533. The smallest absolute Gasteiger partial charge is 0.255 e. The lowest BCUT2D eigenvalue weighted by Crippen LogP contribution is -2.52. The van der Waals surface area contributed by atoms with Gasteiger partial charge in [-0.05, 0) is 37.1 Å². The van der Waals surface area contributed by atoms with E-state index in [9.17, 15) is 19.5 Å². The second-order valence-electron chi connectivity index (χ2n) is 8.08. The third-order valence-corrected chi connectivity index (χ3v) is 6.32. The lowest BCUT2D eigenvalue weighted by atomic mass is 10.0. The van der Waals surface area contributed by atoms with Crippen LogP contribution in [0.4, 0.5) is 5.69 Å². The van der Waals surface area contributed by atoms with Gasteiger partial charge in [0.15, 0.2) is 6.35 Å². The number of nitrogens with one attached hydrogen (secondary N) is 3. The summed E-state index contributed by atoms with van der Waals surface area (Å²) in [4.78, 5) is 38.2. The highest BCUT2D eigenvalue weighted by atomic mass is 35.5. The maximum absolute atomic E-state index is 13.0. The average Bonchev–Trinajstić information content (AvgIpc) is 3.10. The molecule has 2 aromatic rings. The van der Waals surface area contributed by atoms with Crippen LogP contribution in [-0.2, 0) is 22.7 Å². The van der Waals surface area contributed by atoms with Gasteiger partial charge < -0.3 is 20.1 Å². The van der Waals surface area contributed by atoms with Gasteiger partial charge in [-0.2, -0.15) is 0 Å². The Hall–Kier alpha value is -3.14. The molecule has 0 bridgehead atoms. The molecule has 2 aliphatic rings. The van der Waals surface area contributed by atoms with Crippen molar-refractivity contribution in [3.05, 3.63) is 57.6 Å². The summed E-state index contributed by atoms with van der Waals surface area (Å²) in [6.07, 6.45) is -0.564. The molecule has 4 N–H and O–H groups in total. The molecule has 0 spiro atoms. The summed E-state index contributed by atoms with van der Waals surface area (Å²) in [6.45, 7) is 2.37. The molecule has 2 atom stereocenters. The molecule has 0 aliphatic carbocycles. The molecule has 2 aliphatic heterocycles. The largest absolute Gasteiger partial charge is 0.496 e. The van der Waals surface area contributed by atoms with E-state index in [0.717, 1.165) is 11.1 Å². The molecule has 2 unspecified atom stereocenters. The van der Waals surface area contributed by atoms with Crippen molar-refractivity contribution in [2.24, 2.45) is 0 Å². The van der Waals surface area contributed by atoms with E-state index in [4.69, 9.17) is 16.3 Å². The zero-order valence-corrected chi connectivity index (χ0v) is 19.0. The van der Waals surface area contributed by atoms with Crippen LogP contribution < -0.4 is 20.7 Å². The van der Waals surface area contributed by atoms with E-state index in [1.165, 1.54) is 12.0 Å². The van der Waals surface area contributed by atoms with Crippen LogP contribution in [0, 0.1) is 6.92 Å². The molecule has 0 saturated carbocycles. The third-order valence-electron chi connectivity index (χ3n) is 5.91. The first-order chi connectivity index (χ1) is 15.8. The van der Waals surface area contributed by atoms with Crippen molar-refractivity contribution >= 4 is 35.0 Å². The molecule has 4 rings (SSSR count). The highest BCUT2D eigenvalue weighted by Gasteiger charge is 2.40. The lowest BCUT2D eigenvalue weighted by molar-refractivity contribution is -0.136. The highest BCUT2D eigenvalue weighted by Crippen LogP contribution is 2.36. The van der Waals surface area contributed by atoms with Crippen molar-refractivity contribution in [1.82, 2.24) is 15.5 Å². The van der Waals surface area contributed by atoms with Gasteiger partial charge in [0.25, 0.3) is 5.91 Å². The van der Waals surface area contributed by atoms with Gasteiger partial charge in [0, 0.05) is 40.4 Å². The van der Waals surface area contributed by atoms with E-state index >= 15 is 0 Å². The number of piperidine rings is 1. The van der Waals surface area contributed by atoms with Crippen LogP contribution in [0.2, 0.25) is 5.02 Å². The van der Waals surface area contributed by atoms with E-state index in [1.54, 1.807) is 18.2 Å². The van der Waals surface area contributed by atoms with Crippen LogP contribution in [0.1, 0.15) is 39.9 Å². The first-order valence-electron chi connectivity index (χ1n) is 10.6. The summed E-state index contributed by atoms with van der Waals surface area (Å²) < 4.78 is 5.60. The highest BCUT2D eigenvalue weighted by molar-refractivity contribution is 6.31.